The summed E-state index contributed by atoms with van der Waals surface area (Å²) in [6, 6.07) is 11.6. The van der Waals surface area contributed by atoms with Gasteiger partial charge in [0, 0.05) is 12.4 Å². The first kappa shape index (κ1) is 17.5. The van der Waals surface area contributed by atoms with E-state index in [2.05, 4.69) is 15.3 Å². The summed E-state index contributed by atoms with van der Waals surface area (Å²) in [5.41, 5.74) is 0.682. The van der Waals surface area contributed by atoms with Crippen molar-refractivity contribution in [1.82, 2.24) is 9.97 Å². The Morgan fingerprint density at radius 1 is 1.04 bits per heavy atom. The number of aromatic nitrogens is 2. The van der Waals surface area contributed by atoms with Gasteiger partial charge >= 0.3 is 0 Å². The second-order valence-corrected chi connectivity index (χ2v) is 6.04. The normalized spacial score (nSPS) is 10.4. The van der Waals surface area contributed by atoms with Gasteiger partial charge in [-0.1, -0.05) is 46.9 Å². The molecule has 0 radical (unpaired) electrons. The maximum Gasteiger partial charge on any atom is 0.258 e. The zero-order chi connectivity index (χ0) is 17.8. The van der Waals surface area contributed by atoms with Crippen molar-refractivity contribution in [2.24, 2.45) is 0 Å². The Bertz CT molecular complexity index is 935. The van der Waals surface area contributed by atoms with Gasteiger partial charge in [-0.05, 0) is 30.3 Å². The van der Waals surface area contributed by atoms with E-state index in [0.29, 0.717) is 16.5 Å². The van der Waals surface area contributed by atoms with Crippen LogP contribution in [-0.2, 0) is 0 Å². The van der Waals surface area contributed by atoms with Crippen molar-refractivity contribution in [1.29, 1.82) is 0 Å². The highest BCUT2D eigenvalue weighted by atomic mass is 35.5. The third-order valence-corrected chi connectivity index (χ3v) is 3.90. The van der Waals surface area contributed by atoms with Crippen molar-refractivity contribution in [2.75, 3.05) is 5.32 Å². The molecule has 1 amide bonds. The van der Waals surface area contributed by atoms with Crippen molar-refractivity contribution in [2.45, 2.75) is 0 Å². The average Bonchev–Trinajstić information content (AvgIpc) is 2.59. The van der Waals surface area contributed by atoms with Crippen LogP contribution in [0.25, 0.3) is 0 Å². The van der Waals surface area contributed by atoms with Crippen LogP contribution < -0.4 is 10.1 Å². The van der Waals surface area contributed by atoms with Crippen molar-refractivity contribution in [3.05, 3.63) is 75.6 Å². The fourth-order valence-electron chi connectivity index (χ4n) is 1.99. The highest BCUT2D eigenvalue weighted by Crippen LogP contribution is 2.33. The Hall–Kier alpha value is -2.34. The second kappa shape index (κ2) is 7.70. The summed E-state index contributed by atoms with van der Waals surface area (Å²) in [7, 11) is 0. The van der Waals surface area contributed by atoms with E-state index in [9.17, 15) is 4.79 Å². The summed E-state index contributed by atoms with van der Waals surface area (Å²) in [4.78, 5) is 20.3. The Morgan fingerprint density at radius 2 is 1.84 bits per heavy atom. The first-order chi connectivity index (χ1) is 12.0. The molecule has 0 spiro atoms. The van der Waals surface area contributed by atoms with Crippen LogP contribution >= 0.6 is 34.8 Å². The number of rotatable bonds is 4. The van der Waals surface area contributed by atoms with E-state index in [-0.39, 0.29) is 21.6 Å². The van der Waals surface area contributed by atoms with Gasteiger partial charge < -0.3 is 10.1 Å². The molecule has 0 atom stereocenters. The number of pyridine rings is 2. The fraction of sp³-hybridized carbons (Fsp3) is 0. The molecule has 0 aliphatic rings. The van der Waals surface area contributed by atoms with Crippen LogP contribution in [0.4, 0.5) is 5.69 Å². The van der Waals surface area contributed by atoms with Gasteiger partial charge in [-0.15, -0.1) is 0 Å². The van der Waals surface area contributed by atoms with Crippen molar-refractivity contribution < 1.29 is 9.53 Å². The number of carbonyl (C=O) groups is 1. The van der Waals surface area contributed by atoms with Gasteiger partial charge in [-0.3, -0.25) is 4.79 Å². The van der Waals surface area contributed by atoms with E-state index in [1.807, 2.05) is 0 Å². The fourth-order valence-corrected chi connectivity index (χ4v) is 2.61. The SMILES string of the molecule is O=C(Nc1ccccc1Oc1ncc(Cl)cc1Cl)c1cccnc1Cl. The monoisotopic (exact) mass is 393 g/mol. The summed E-state index contributed by atoms with van der Waals surface area (Å²) in [5.74, 6) is 0.129. The van der Waals surface area contributed by atoms with Crippen molar-refractivity contribution in [3.8, 4) is 11.6 Å². The average molecular weight is 395 g/mol. The van der Waals surface area contributed by atoms with E-state index in [4.69, 9.17) is 39.5 Å². The van der Waals surface area contributed by atoms with E-state index < -0.39 is 5.91 Å². The smallest absolute Gasteiger partial charge is 0.258 e. The molecule has 3 aromatic rings. The minimum Gasteiger partial charge on any atom is -0.435 e. The van der Waals surface area contributed by atoms with E-state index in [1.165, 1.54) is 18.5 Å². The Balaban J connectivity index is 1.86. The van der Waals surface area contributed by atoms with Crippen LogP contribution in [0.2, 0.25) is 15.2 Å². The van der Waals surface area contributed by atoms with Gasteiger partial charge in [0.1, 0.15) is 10.2 Å². The van der Waals surface area contributed by atoms with Gasteiger partial charge in [0.05, 0.1) is 16.3 Å². The van der Waals surface area contributed by atoms with Gasteiger partial charge in [0.2, 0.25) is 5.88 Å². The predicted molar refractivity (Wildman–Crippen MR) is 98.0 cm³/mol. The molecule has 1 aromatic carbocycles. The number of ether oxygens (including phenoxy) is 1. The first-order valence-corrected chi connectivity index (χ1v) is 8.18. The van der Waals surface area contributed by atoms with Gasteiger partial charge in [0.15, 0.2) is 5.75 Å². The standard InChI is InChI=1S/C17H10Cl3N3O2/c18-10-8-12(19)17(22-9-10)25-14-6-2-1-5-13(14)23-16(24)11-4-3-7-21-15(11)20/h1-9H,(H,23,24). The maximum atomic E-state index is 12.4. The van der Waals surface area contributed by atoms with Gasteiger partial charge in [-0.25, -0.2) is 9.97 Å². The number of carbonyl (C=O) groups excluding carboxylic acids is 1. The maximum absolute atomic E-state index is 12.4. The molecule has 126 valence electrons. The molecule has 1 N–H and O–H groups in total. The molecule has 3 rings (SSSR count). The summed E-state index contributed by atoms with van der Waals surface area (Å²) in [6.45, 7) is 0. The summed E-state index contributed by atoms with van der Waals surface area (Å²) in [6.07, 6.45) is 2.92. The molecular formula is C17H10Cl3N3O2. The number of hydrogen-bond donors (Lipinski definition) is 1. The third kappa shape index (κ3) is 4.20. The van der Waals surface area contributed by atoms with E-state index in [0.717, 1.165) is 0 Å². The van der Waals surface area contributed by atoms with Crippen LogP contribution in [0.1, 0.15) is 10.4 Å². The zero-order valence-corrected chi connectivity index (χ0v) is 14.8. The second-order valence-electron chi connectivity index (χ2n) is 4.83. The van der Waals surface area contributed by atoms with Crippen molar-refractivity contribution in [3.63, 3.8) is 0 Å². The van der Waals surface area contributed by atoms with Crippen LogP contribution in [-0.4, -0.2) is 15.9 Å². The molecule has 2 aromatic heterocycles. The molecule has 8 heteroatoms. The lowest BCUT2D eigenvalue weighted by Gasteiger charge is -2.12. The zero-order valence-electron chi connectivity index (χ0n) is 12.5. The topological polar surface area (TPSA) is 64.1 Å². The van der Waals surface area contributed by atoms with Crippen LogP contribution in [0.5, 0.6) is 11.6 Å². The van der Waals surface area contributed by atoms with Crippen LogP contribution in [0.3, 0.4) is 0 Å². The molecule has 0 aliphatic heterocycles. The minimum absolute atomic E-state index is 0.112. The highest BCUT2D eigenvalue weighted by Gasteiger charge is 2.15. The number of para-hydroxylation sites is 2. The van der Waals surface area contributed by atoms with Crippen molar-refractivity contribution >= 4 is 46.4 Å². The lowest BCUT2D eigenvalue weighted by atomic mass is 10.2. The highest BCUT2D eigenvalue weighted by molar-refractivity contribution is 6.35. The number of benzene rings is 1. The molecule has 0 aliphatic carbocycles. The molecule has 0 saturated carbocycles. The largest absolute Gasteiger partial charge is 0.435 e. The number of anilines is 1. The number of halogens is 3. The number of nitrogens with one attached hydrogen (secondary N) is 1. The number of nitrogens with zero attached hydrogens (tertiary/aromatic N) is 2. The molecule has 0 fully saturated rings. The van der Waals surface area contributed by atoms with Gasteiger partial charge in [-0.2, -0.15) is 0 Å². The molecular weight excluding hydrogens is 385 g/mol. The lowest BCUT2D eigenvalue weighted by molar-refractivity contribution is 0.102. The minimum atomic E-state index is -0.413. The van der Waals surface area contributed by atoms with E-state index in [1.54, 1.807) is 36.4 Å². The lowest BCUT2D eigenvalue weighted by Crippen LogP contribution is -2.13. The summed E-state index contributed by atoms with van der Waals surface area (Å²) < 4.78 is 5.70. The Kier molecular flexibility index (Phi) is 5.38. The Labute approximate surface area is 158 Å². The summed E-state index contributed by atoms with van der Waals surface area (Å²) >= 11 is 17.8. The number of amides is 1. The van der Waals surface area contributed by atoms with E-state index >= 15 is 0 Å². The third-order valence-electron chi connectivity index (χ3n) is 3.12. The Morgan fingerprint density at radius 3 is 2.60 bits per heavy atom. The summed E-state index contributed by atoms with van der Waals surface area (Å²) in [5, 5.41) is 3.49. The molecule has 5 nitrogen and oxygen atoms in total. The molecule has 0 unspecified atom stereocenters. The van der Waals surface area contributed by atoms with Gasteiger partial charge in [0.25, 0.3) is 5.91 Å². The molecule has 0 bridgehead atoms. The molecule has 0 saturated heterocycles. The number of hydrogen-bond acceptors (Lipinski definition) is 4. The van der Waals surface area contributed by atoms with Crippen LogP contribution in [0.15, 0.2) is 54.9 Å². The predicted octanol–water partition coefficient (Wildman–Crippen LogP) is 5.48. The molecule has 2 heterocycles. The molecule has 25 heavy (non-hydrogen) atoms. The first-order valence-electron chi connectivity index (χ1n) is 7.04. The quantitative estimate of drug-likeness (QED) is 0.595. The van der Waals surface area contributed by atoms with Crippen LogP contribution in [0, 0.1) is 0 Å².